The highest BCUT2D eigenvalue weighted by Crippen LogP contribution is 2.19. The minimum absolute atomic E-state index is 0.529. The Bertz CT molecular complexity index is 508. The summed E-state index contributed by atoms with van der Waals surface area (Å²) >= 11 is 0. The van der Waals surface area contributed by atoms with Gasteiger partial charge in [-0.25, -0.2) is 0 Å². The first kappa shape index (κ1) is 9.68. The first-order valence-corrected chi connectivity index (χ1v) is 4.64. The van der Waals surface area contributed by atoms with Crippen molar-refractivity contribution in [3.63, 3.8) is 0 Å². The summed E-state index contributed by atoms with van der Waals surface area (Å²) in [6.45, 7) is 0. The fourth-order valence-electron chi connectivity index (χ4n) is 1.54. The number of hydrogen-bond donors (Lipinski definition) is 2. The number of hydrogen-bond acceptors (Lipinski definition) is 2. The average Bonchev–Trinajstić information content (AvgIpc) is 2.27. The van der Waals surface area contributed by atoms with Crippen LogP contribution in [-0.2, 0) is 4.79 Å². The summed E-state index contributed by atoms with van der Waals surface area (Å²) in [7, 11) is 0. The number of benzene rings is 2. The van der Waals surface area contributed by atoms with Gasteiger partial charge in [-0.05, 0) is 22.4 Å². The Labute approximate surface area is 87.1 Å². The van der Waals surface area contributed by atoms with Gasteiger partial charge in [0.2, 0.25) is 0 Å². The Kier molecular flexibility index (Phi) is 2.39. The monoisotopic (exact) mass is 201 g/mol. The van der Waals surface area contributed by atoms with Crippen molar-refractivity contribution in [3.8, 4) is 0 Å². The third-order valence-electron chi connectivity index (χ3n) is 2.36. The topological polar surface area (TPSA) is 63.3 Å². The molecule has 2 aromatic rings. The maximum atomic E-state index is 10.8. The molecule has 1 amide bonds. The molecule has 0 saturated heterocycles. The molecule has 1 atom stereocenters. The fraction of sp³-hybridized carbons (Fsp3) is 0.0833. The predicted octanol–water partition coefficient (Wildman–Crippen LogP) is 1.36. The maximum Gasteiger partial charge on any atom is 0.250 e. The number of aliphatic hydroxyl groups is 1. The highest BCUT2D eigenvalue weighted by Gasteiger charge is 2.13. The Hall–Kier alpha value is -1.87. The Morgan fingerprint density at radius 1 is 1.13 bits per heavy atom. The molecule has 0 saturated carbocycles. The van der Waals surface area contributed by atoms with Crippen LogP contribution in [0.4, 0.5) is 0 Å². The van der Waals surface area contributed by atoms with Gasteiger partial charge in [0.05, 0.1) is 0 Å². The van der Waals surface area contributed by atoms with E-state index in [-0.39, 0.29) is 0 Å². The smallest absolute Gasteiger partial charge is 0.250 e. The summed E-state index contributed by atoms with van der Waals surface area (Å²) in [5, 5.41) is 11.5. The van der Waals surface area contributed by atoms with Crippen LogP contribution in [0.25, 0.3) is 10.8 Å². The molecule has 0 bridgehead atoms. The number of rotatable bonds is 2. The minimum atomic E-state index is -1.23. The van der Waals surface area contributed by atoms with Crippen molar-refractivity contribution in [2.75, 3.05) is 0 Å². The average molecular weight is 201 g/mol. The van der Waals surface area contributed by atoms with Gasteiger partial charge in [0.1, 0.15) is 0 Å². The van der Waals surface area contributed by atoms with Crippen LogP contribution in [0.5, 0.6) is 0 Å². The number of fused-ring (bicyclic) bond motifs is 1. The van der Waals surface area contributed by atoms with E-state index >= 15 is 0 Å². The standard InChI is InChI=1S/C12H11NO2/c13-12(15)11(14)10-6-5-8-3-1-2-4-9(8)7-10/h1-7,11,14H,(H2,13,15)/t11-/m0/s1. The highest BCUT2D eigenvalue weighted by molar-refractivity contribution is 5.86. The molecule has 0 unspecified atom stereocenters. The molecule has 0 aliphatic carbocycles. The van der Waals surface area contributed by atoms with Gasteiger partial charge in [-0.1, -0.05) is 36.4 Å². The van der Waals surface area contributed by atoms with Gasteiger partial charge in [0.25, 0.3) is 5.91 Å². The molecule has 2 aromatic carbocycles. The molecule has 3 N–H and O–H groups in total. The second kappa shape index (κ2) is 3.71. The first-order valence-electron chi connectivity index (χ1n) is 4.64. The second-order valence-corrected chi connectivity index (χ2v) is 3.41. The Balaban J connectivity index is 2.51. The van der Waals surface area contributed by atoms with Crippen LogP contribution >= 0.6 is 0 Å². The van der Waals surface area contributed by atoms with Crippen molar-refractivity contribution >= 4 is 16.7 Å². The number of aliphatic hydroxyl groups excluding tert-OH is 1. The Morgan fingerprint density at radius 3 is 2.47 bits per heavy atom. The van der Waals surface area contributed by atoms with Gasteiger partial charge in [0, 0.05) is 0 Å². The lowest BCUT2D eigenvalue weighted by molar-refractivity contribution is -0.126. The van der Waals surface area contributed by atoms with E-state index in [2.05, 4.69) is 0 Å². The lowest BCUT2D eigenvalue weighted by Crippen LogP contribution is -2.20. The quantitative estimate of drug-likeness (QED) is 0.770. The normalized spacial score (nSPS) is 12.6. The van der Waals surface area contributed by atoms with E-state index in [4.69, 9.17) is 5.73 Å². The molecule has 0 aromatic heterocycles. The van der Waals surface area contributed by atoms with Crippen molar-refractivity contribution in [2.45, 2.75) is 6.10 Å². The first-order chi connectivity index (χ1) is 7.18. The molecule has 0 aliphatic rings. The Morgan fingerprint density at radius 2 is 1.80 bits per heavy atom. The zero-order chi connectivity index (χ0) is 10.8. The molecule has 0 spiro atoms. The van der Waals surface area contributed by atoms with Crippen LogP contribution in [-0.4, -0.2) is 11.0 Å². The number of primary amides is 1. The summed E-state index contributed by atoms with van der Waals surface area (Å²) in [6.07, 6.45) is -1.23. The molecular formula is C12H11NO2. The van der Waals surface area contributed by atoms with E-state index in [9.17, 15) is 9.90 Å². The van der Waals surface area contributed by atoms with Crippen molar-refractivity contribution < 1.29 is 9.90 Å². The molecule has 76 valence electrons. The van der Waals surface area contributed by atoms with Gasteiger partial charge < -0.3 is 10.8 Å². The summed E-state index contributed by atoms with van der Waals surface area (Å²) in [4.78, 5) is 10.8. The SMILES string of the molecule is NC(=O)[C@@H](O)c1ccc2ccccc2c1. The number of carbonyl (C=O) groups is 1. The fourth-order valence-corrected chi connectivity index (χ4v) is 1.54. The summed E-state index contributed by atoms with van der Waals surface area (Å²) in [5.41, 5.74) is 5.55. The largest absolute Gasteiger partial charge is 0.378 e. The van der Waals surface area contributed by atoms with E-state index in [1.165, 1.54) is 0 Å². The van der Waals surface area contributed by atoms with Crippen molar-refractivity contribution in [2.24, 2.45) is 5.73 Å². The number of nitrogens with two attached hydrogens (primary N) is 1. The van der Waals surface area contributed by atoms with Crippen molar-refractivity contribution in [3.05, 3.63) is 48.0 Å². The van der Waals surface area contributed by atoms with E-state index in [0.29, 0.717) is 5.56 Å². The molecule has 0 fully saturated rings. The third-order valence-corrected chi connectivity index (χ3v) is 2.36. The molecule has 3 nitrogen and oxygen atoms in total. The predicted molar refractivity (Wildman–Crippen MR) is 58.1 cm³/mol. The van der Waals surface area contributed by atoms with E-state index < -0.39 is 12.0 Å². The molecule has 2 rings (SSSR count). The third kappa shape index (κ3) is 1.82. The van der Waals surface area contributed by atoms with Gasteiger partial charge in [-0.2, -0.15) is 0 Å². The van der Waals surface area contributed by atoms with E-state index in [1.807, 2.05) is 30.3 Å². The number of amides is 1. The summed E-state index contributed by atoms with van der Waals surface area (Å²) in [6, 6.07) is 13.1. The van der Waals surface area contributed by atoms with Crippen molar-refractivity contribution in [1.82, 2.24) is 0 Å². The molecule has 0 aliphatic heterocycles. The molecule has 15 heavy (non-hydrogen) atoms. The molecule has 3 heteroatoms. The summed E-state index contributed by atoms with van der Waals surface area (Å²) < 4.78 is 0. The van der Waals surface area contributed by atoms with Crippen LogP contribution in [0.3, 0.4) is 0 Å². The summed E-state index contributed by atoms with van der Waals surface area (Å²) in [5.74, 6) is -0.731. The molecular weight excluding hydrogens is 190 g/mol. The van der Waals surface area contributed by atoms with Crippen molar-refractivity contribution in [1.29, 1.82) is 0 Å². The highest BCUT2D eigenvalue weighted by atomic mass is 16.3. The molecule has 0 radical (unpaired) electrons. The van der Waals surface area contributed by atoms with Gasteiger partial charge in [0.15, 0.2) is 6.10 Å². The van der Waals surface area contributed by atoms with Gasteiger partial charge in [-0.15, -0.1) is 0 Å². The van der Waals surface area contributed by atoms with Gasteiger partial charge >= 0.3 is 0 Å². The maximum absolute atomic E-state index is 10.8. The van der Waals surface area contributed by atoms with Crippen LogP contribution in [0, 0.1) is 0 Å². The van der Waals surface area contributed by atoms with E-state index in [1.54, 1.807) is 12.1 Å². The minimum Gasteiger partial charge on any atom is -0.378 e. The molecule has 0 heterocycles. The van der Waals surface area contributed by atoms with Gasteiger partial charge in [-0.3, -0.25) is 4.79 Å². The lowest BCUT2D eigenvalue weighted by atomic mass is 10.0. The van der Waals surface area contributed by atoms with Crippen LogP contribution in [0.2, 0.25) is 0 Å². The zero-order valence-electron chi connectivity index (χ0n) is 8.05. The van der Waals surface area contributed by atoms with Crippen LogP contribution < -0.4 is 5.73 Å². The van der Waals surface area contributed by atoms with E-state index in [0.717, 1.165) is 10.8 Å². The number of carbonyl (C=O) groups excluding carboxylic acids is 1. The second-order valence-electron chi connectivity index (χ2n) is 3.41. The lowest BCUT2D eigenvalue weighted by Gasteiger charge is -2.07. The van der Waals surface area contributed by atoms with Crippen LogP contribution in [0.1, 0.15) is 11.7 Å². The zero-order valence-corrected chi connectivity index (χ0v) is 8.05. The van der Waals surface area contributed by atoms with Crippen LogP contribution in [0.15, 0.2) is 42.5 Å².